The Bertz CT molecular complexity index is 1360. The van der Waals surface area contributed by atoms with E-state index in [9.17, 15) is 22.4 Å². The molecule has 1 aliphatic heterocycles. The predicted octanol–water partition coefficient (Wildman–Crippen LogP) is 4.57. The molecule has 0 saturated carbocycles. The lowest BCUT2D eigenvalue weighted by Gasteiger charge is -2.40. The van der Waals surface area contributed by atoms with Crippen molar-refractivity contribution in [3.05, 3.63) is 65.3 Å². The van der Waals surface area contributed by atoms with Crippen LogP contribution in [0.3, 0.4) is 0 Å². The molecule has 4 rings (SSSR count). The van der Waals surface area contributed by atoms with Crippen molar-refractivity contribution in [3.8, 4) is 5.88 Å². The number of carbonyl (C=O) groups is 1. The molecular weight excluding hydrogens is 516 g/mol. The molecule has 0 unspecified atom stereocenters. The van der Waals surface area contributed by atoms with Crippen LogP contribution >= 0.6 is 11.8 Å². The predicted molar refractivity (Wildman–Crippen MR) is 128 cm³/mol. The molecule has 3 N–H and O–H groups in total. The average molecular weight is 539 g/mol. The number of carbonyl (C=O) groups excluding carboxylic acids is 1. The molecule has 0 radical (unpaired) electrons. The van der Waals surface area contributed by atoms with Gasteiger partial charge in [-0.25, -0.2) is 32.5 Å². The first-order valence-corrected chi connectivity index (χ1v) is 11.7. The quantitative estimate of drug-likeness (QED) is 0.419. The summed E-state index contributed by atoms with van der Waals surface area (Å²) < 4.78 is 65.8. The SMILES string of the molecule is Cc1nc(OCc2ncco2)cnc1C(=O)Nc1cc(F)c(F)c([C@]2(C)C[C@](C)(C(F)F)SC(N)=N2)c1. The van der Waals surface area contributed by atoms with E-state index in [1.54, 1.807) is 0 Å². The van der Waals surface area contributed by atoms with Crippen LogP contribution in [0.25, 0.3) is 0 Å². The molecule has 14 heteroatoms. The highest BCUT2D eigenvalue weighted by Gasteiger charge is 2.48. The molecule has 0 aliphatic carbocycles. The number of nitrogens with two attached hydrogens (primary N) is 1. The third-order valence-electron chi connectivity index (χ3n) is 5.68. The maximum absolute atomic E-state index is 14.9. The van der Waals surface area contributed by atoms with Gasteiger partial charge in [-0.1, -0.05) is 11.8 Å². The monoisotopic (exact) mass is 538 g/mol. The maximum Gasteiger partial charge on any atom is 0.276 e. The summed E-state index contributed by atoms with van der Waals surface area (Å²) in [7, 11) is 0. The zero-order valence-electron chi connectivity index (χ0n) is 19.9. The normalized spacial score (nSPS) is 21.6. The topological polar surface area (TPSA) is 129 Å². The van der Waals surface area contributed by atoms with Gasteiger partial charge in [-0.05, 0) is 33.3 Å². The number of hydrogen-bond acceptors (Lipinski definition) is 9. The minimum absolute atomic E-state index is 0.000822. The first-order valence-electron chi connectivity index (χ1n) is 10.9. The Morgan fingerprint density at radius 2 is 2.05 bits per heavy atom. The fraction of sp³-hybridized carbons (Fsp3) is 0.348. The number of hydrogen-bond donors (Lipinski definition) is 2. The summed E-state index contributed by atoms with van der Waals surface area (Å²) in [6.07, 6.45) is 0.935. The van der Waals surface area contributed by atoms with Gasteiger partial charge in [-0.15, -0.1) is 0 Å². The molecule has 1 aromatic carbocycles. The molecule has 3 aromatic rings. The number of amidine groups is 1. The van der Waals surface area contributed by atoms with Gasteiger partial charge in [0, 0.05) is 17.3 Å². The number of thioether (sulfide) groups is 1. The lowest BCUT2D eigenvalue weighted by molar-refractivity contribution is 0.0892. The van der Waals surface area contributed by atoms with Gasteiger partial charge in [0.15, 0.2) is 23.4 Å². The second-order valence-electron chi connectivity index (χ2n) is 8.75. The molecule has 9 nitrogen and oxygen atoms in total. The molecular formula is C23H22F4N6O3S. The van der Waals surface area contributed by atoms with Crippen molar-refractivity contribution in [2.75, 3.05) is 5.32 Å². The number of alkyl halides is 2. The number of aliphatic imine (C=N–C) groups is 1. The van der Waals surface area contributed by atoms with E-state index in [2.05, 4.69) is 25.3 Å². The fourth-order valence-corrected chi connectivity index (χ4v) is 5.16. The summed E-state index contributed by atoms with van der Waals surface area (Å²) in [6.45, 7) is 4.18. The molecule has 0 spiro atoms. The lowest BCUT2D eigenvalue weighted by atomic mass is 9.82. The van der Waals surface area contributed by atoms with Gasteiger partial charge in [0.2, 0.25) is 11.8 Å². The summed E-state index contributed by atoms with van der Waals surface area (Å²) in [5, 5.41) is 2.27. The summed E-state index contributed by atoms with van der Waals surface area (Å²) in [5.74, 6) is -2.89. The van der Waals surface area contributed by atoms with Crippen molar-refractivity contribution in [1.82, 2.24) is 15.0 Å². The van der Waals surface area contributed by atoms with Crippen LogP contribution in [-0.2, 0) is 12.1 Å². The van der Waals surface area contributed by atoms with Crippen molar-refractivity contribution in [2.24, 2.45) is 10.7 Å². The van der Waals surface area contributed by atoms with Gasteiger partial charge in [-0.2, -0.15) is 0 Å². The second-order valence-corrected chi connectivity index (χ2v) is 10.3. The van der Waals surface area contributed by atoms with Crippen molar-refractivity contribution >= 4 is 28.5 Å². The molecule has 0 fully saturated rings. The summed E-state index contributed by atoms with van der Waals surface area (Å²) in [6, 6.07) is 1.92. The van der Waals surface area contributed by atoms with E-state index in [1.807, 2.05) is 0 Å². The van der Waals surface area contributed by atoms with Crippen LogP contribution in [0.4, 0.5) is 23.2 Å². The van der Waals surface area contributed by atoms with E-state index in [4.69, 9.17) is 14.9 Å². The number of halogens is 4. The summed E-state index contributed by atoms with van der Waals surface area (Å²) in [5.41, 5.74) is 3.83. The Kier molecular flexibility index (Phi) is 7.13. The van der Waals surface area contributed by atoms with Crippen LogP contribution in [-0.4, -0.2) is 37.2 Å². The van der Waals surface area contributed by atoms with Crippen molar-refractivity contribution in [1.29, 1.82) is 0 Å². The van der Waals surface area contributed by atoms with E-state index >= 15 is 0 Å². The van der Waals surface area contributed by atoms with E-state index in [0.29, 0.717) is 17.7 Å². The van der Waals surface area contributed by atoms with Gasteiger partial charge in [-0.3, -0.25) is 9.79 Å². The molecule has 0 saturated heterocycles. The number of ether oxygens (including phenoxy) is 1. The lowest BCUT2D eigenvalue weighted by Crippen LogP contribution is -2.44. The van der Waals surface area contributed by atoms with E-state index in [1.165, 1.54) is 39.4 Å². The Labute approximate surface area is 212 Å². The minimum Gasteiger partial charge on any atom is -0.467 e. The van der Waals surface area contributed by atoms with Gasteiger partial charge in [0.25, 0.3) is 12.3 Å². The third-order valence-corrected chi connectivity index (χ3v) is 6.77. The van der Waals surface area contributed by atoms with Crippen LogP contribution < -0.4 is 15.8 Å². The fourth-order valence-electron chi connectivity index (χ4n) is 4.00. The molecule has 2 aromatic heterocycles. The highest BCUT2D eigenvalue weighted by molar-refractivity contribution is 8.15. The number of amides is 1. The number of nitrogens with zero attached hydrogens (tertiary/aromatic N) is 4. The first kappa shape index (κ1) is 26.4. The number of aromatic nitrogens is 3. The van der Waals surface area contributed by atoms with Crippen LogP contribution in [0.15, 0.2) is 40.2 Å². The van der Waals surface area contributed by atoms with Crippen molar-refractivity contribution < 1.29 is 31.5 Å². The van der Waals surface area contributed by atoms with Crippen molar-refractivity contribution in [2.45, 2.75) is 50.5 Å². The largest absolute Gasteiger partial charge is 0.467 e. The molecule has 196 valence electrons. The van der Waals surface area contributed by atoms with Gasteiger partial charge in [0.05, 0.1) is 28.4 Å². The Hall–Kier alpha value is -3.68. The van der Waals surface area contributed by atoms with Crippen LogP contribution in [0.1, 0.15) is 47.9 Å². The number of rotatable bonds is 7. The molecule has 1 amide bonds. The molecule has 3 heterocycles. The number of anilines is 1. The van der Waals surface area contributed by atoms with Gasteiger partial charge < -0.3 is 20.2 Å². The van der Waals surface area contributed by atoms with Crippen LogP contribution in [0.5, 0.6) is 5.88 Å². The first-order chi connectivity index (χ1) is 17.4. The number of oxazole rings is 1. The number of benzene rings is 1. The highest BCUT2D eigenvalue weighted by atomic mass is 32.2. The molecule has 1 aliphatic rings. The second kappa shape index (κ2) is 10.00. The van der Waals surface area contributed by atoms with Crippen molar-refractivity contribution in [3.63, 3.8) is 0 Å². The molecule has 0 bridgehead atoms. The van der Waals surface area contributed by atoms with E-state index in [-0.39, 0.29) is 46.7 Å². The van der Waals surface area contributed by atoms with Crippen LogP contribution in [0, 0.1) is 18.6 Å². The zero-order valence-corrected chi connectivity index (χ0v) is 20.7. The van der Waals surface area contributed by atoms with E-state index in [0.717, 1.165) is 12.1 Å². The van der Waals surface area contributed by atoms with Crippen LogP contribution in [0.2, 0.25) is 0 Å². The Balaban J connectivity index is 1.58. The highest BCUT2D eigenvalue weighted by Crippen LogP contribution is 2.49. The average Bonchev–Trinajstić information content (AvgIpc) is 3.32. The molecule has 37 heavy (non-hydrogen) atoms. The standard InChI is InChI=1S/C23H22F4N6O3S/c1-11-18(30-8-15(31-11)36-9-16-29-4-5-35-16)19(34)32-12-6-13(17(25)14(24)7-12)22(2)10-23(3,20(26)27)37-21(28)33-22/h4-8,20H,9-10H2,1-3H3,(H2,28,33)(H,32,34)/t22-,23+/m0/s1. The zero-order chi connectivity index (χ0) is 27.0. The minimum atomic E-state index is -2.80. The van der Waals surface area contributed by atoms with Gasteiger partial charge in [0.1, 0.15) is 12.0 Å². The van der Waals surface area contributed by atoms with Gasteiger partial charge >= 0.3 is 0 Å². The smallest absolute Gasteiger partial charge is 0.276 e. The maximum atomic E-state index is 14.9. The Morgan fingerprint density at radius 3 is 2.70 bits per heavy atom. The third kappa shape index (κ3) is 5.53. The summed E-state index contributed by atoms with van der Waals surface area (Å²) in [4.78, 5) is 29.1. The number of aryl methyl sites for hydroxylation is 1. The summed E-state index contributed by atoms with van der Waals surface area (Å²) >= 11 is 0.679. The number of nitrogens with one attached hydrogen (secondary N) is 1. The van der Waals surface area contributed by atoms with E-state index < -0.39 is 34.3 Å². The molecule has 2 atom stereocenters. The Morgan fingerprint density at radius 1 is 1.30 bits per heavy atom.